The highest BCUT2D eigenvalue weighted by atomic mass is 35.7. The minimum absolute atomic E-state index is 0.174. The van der Waals surface area contributed by atoms with Gasteiger partial charge in [-0.25, -0.2) is 8.42 Å². The van der Waals surface area contributed by atoms with Crippen molar-refractivity contribution in [2.24, 2.45) is 0 Å². The van der Waals surface area contributed by atoms with Gasteiger partial charge in [0, 0.05) is 41.7 Å². The third kappa shape index (κ3) is 4.22. The quantitative estimate of drug-likeness (QED) is 0.735. The maximum atomic E-state index is 11.6. The summed E-state index contributed by atoms with van der Waals surface area (Å²) in [6, 6.07) is 9.67. The molecule has 134 valence electrons. The molecule has 3 rings (SSSR count). The van der Waals surface area contributed by atoms with Gasteiger partial charge in [-0.15, -0.1) is 0 Å². The van der Waals surface area contributed by atoms with Crippen molar-refractivity contribution in [3.8, 4) is 0 Å². The van der Waals surface area contributed by atoms with Gasteiger partial charge in [-0.3, -0.25) is 9.88 Å². The van der Waals surface area contributed by atoms with Crippen molar-refractivity contribution in [3.05, 3.63) is 58.9 Å². The van der Waals surface area contributed by atoms with Crippen molar-refractivity contribution in [1.82, 2.24) is 9.88 Å². The molecule has 1 aliphatic heterocycles. The van der Waals surface area contributed by atoms with Crippen LogP contribution in [0.2, 0.25) is 0 Å². The van der Waals surface area contributed by atoms with E-state index in [4.69, 9.17) is 10.7 Å². The molecule has 1 aliphatic rings. The first-order valence-electron chi connectivity index (χ1n) is 8.64. The summed E-state index contributed by atoms with van der Waals surface area (Å²) in [6.45, 7) is 5.98. The number of fused-ring (bicyclic) bond motifs is 1. The van der Waals surface area contributed by atoms with E-state index in [9.17, 15) is 8.42 Å². The fourth-order valence-electron chi connectivity index (χ4n) is 3.34. The Morgan fingerprint density at radius 3 is 2.68 bits per heavy atom. The van der Waals surface area contributed by atoms with Crippen LogP contribution in [0.25, 0.3) is 0 Å². The van der Waals surface area contributed by atoms with E-state index in [-0.39, 0.29) is 10.9 Å². The summed E-state index contributed by atoms with van der Waals surface area (Å²) in [5, 5.41) is 0. The van der Waals surface area contributed by atoms with Crippen LogP contribution in [0.1, 0.15) is 48.7 Å². The Kier molecular flexibility index (Phi) is 5.46. The number of nitrogens with zero attached hydrogens (tertiary/aromatic N) is 2. The fraction of sp³-hybridized carbons (Fsp3) is 0.421. The minimum Gasteiger partial charge on any atom is -0.292 e. The zero-order valence-corrected chi connectivity index (χ0v) is 16.1. The van der Waals surface area contributed by atoms with Gasteiger partial charge in [0.1, 0.15) is 0 Å². The molecule has 0 saturated heterocycles. The van der Waals surface area contributed by atoms with Crippen LogP contribution in [0, 0.1) is 0 Å². The van der Waals surface area contributed by atoms with Crippen LogP contribution in [0.15, 0.2) is 41.4 Å². The van der Waals surface area contributed by atoms with E-state index in [1.165, 1.54) is 11.1 Å². The molecule has 4 nitrogen and oxygen atoms in total. The second kappa shape index (κ2) is 7.44. The highest BCUT2D eigenvalue weighted by Gasteiger charge is 2.23. The molecule has 2 aromatic rings. The number of halogens is 1. The molecule has 1 aromatic heterocycles. The van der Waals surface area contributed by atoms with Gasteiger partial charge < -0.3 is 0 Å². The second-order valence-corrected chi connectivity index (χ2v) is 9.16. The summed E-state index contributed by atoms with van der Waals surface area (Å²) in [5.74, 6) is 0. The predicted octanol–water partition coefficient (Wildman–Crippen LogP) is 4.08. The summed E-state index contributed by atoms with van der Waals surface area (Å²) in [6.07, 6.45) is 4.96. The first-order chi connectivity index (χ1) is 11.9. The highest BCUT2D eigenvalue weighted by Crippen LogP contribution is 2.29. The molecule has 0 bridgehead atoms. The summed E-state index contributed by atoms with van der Waals surface area (Å²) in [5.41, 5.74) is 4.54. The first-order valence-corrected chi connectivity index (χ1v) is 10.9. The van der Waals surface area contributed by atoms with Crippen molar-refractivity contribution >= 4 is 19.7 Å². The molecule has 2 heterocycles. The Balaban J connectivity index is 1.79. The molecule has 0 radical (unpaired) electrons. The molecule has 0 aliphatic carbocycles. The SMILES string of the molecule is CCCc1ccc(C(C)N2CCc3ccc(S(=O)(=O)Cl)cc3C2)cn1. The van der Waals surface area contributed by atoms with Gasteiger partial charge in [0.2, 0.25) is 0 Å². The molecule has 0 fully saturated rings. The zero-order chi connectivity index (χ0) is 18.0. The Morgan fingerprint density at radius 2 is 2.04 bits per heavy atom. The topological polar surface area (TPSA) is 50.3 Å². The van der Waals surface area contributed by atoms with Gasteiger partial charge in [0.25, 0.3) is 9.05 Å². The molecule has 0 N–H and O–H groups in total. The third-order valence-corrected chi connectivity index (χ3v) is 6.24. The predicted molar refractivity (Wildman–Crippen MR) is 100 cm³/mol. The summed E-state index contributed by atoms with van der Waals surface area (Å²) >= 11 is 0. The summed E-state index contributed by atoms with van der Waals surface area (Å²) in [4.78, 5) is 7.08. The second-order valence-electron chi connectivity index (χ2n) is 6.60. The lowest BCUT2D eigenvalue weighted by Gasteiger charge is -2.34. The van der Waals surface area contributed by atoms with Crippen molar-refractivity contribution in [3.63, 3.8) is 0 Å². The van der Waals surface area contributed by atoms with E-state index < -0.39 is 9.05 Å². The van der Waals surface area contributed by atoms with Crippen molar-refractivity contribution in [2.45, 2.75) is 50.6 Å². The lowest BCUT2D eigenvalue weighted by Crippen LogP contribution is -2.33. The molecule has 0 amide bonds. The monoisotopic (exact) mass is 378 g/mol. The third-order valence-electron chi connectivity index (χ3n) is 4.88. The van der Waals surface area contributed by atoms with Crippen LogP contribution in [0.3, 0.4) is 0 Å². The molecule has 0 spiro atoms. The Morgan fingerprint density at radius 1 is 1.24 bits per heavy atom. The average Bonchev–Trinajstić information content (AvgIpc) is 2.60. The Labute approximate surface area is 154 Å². The standard InChI is InChI=1S/C19H23ClN2O2S/c1-3-4-18-7-5-16(12-21-18)14(2)22-10-9-15-6-8-19(25(20,23)24)11-17(15)13-22/h5-8,11-12,14H,3-4,9-10,13H2,1-2H3. The van der Waals surface area contributed by atoms with Gasteiger partial charge in [-0.05, 0) is 54.7 Å². The van der Waals surface area contributed by atoms with Crippen LogP contribution in [-0.2, 0) is 28.4 Å². The Hall–Kier alpha value is -1.43. The largest absolute Gasteiger partial charge is 0.292 e. The van der Waals surface area contributed by atoms with E-state index in [1.54, 1.807) is 12.1 Å². The highest BCUT2D eigenvalue weighted by molar-refractivity contribution is 8.13. The van der Waals surface area contributed by atoms with Gasteiger partial charge in [-0.2, -0.15) is 0 Å². The molecular formula is C19H23ClN2O2S. The molecule has 25 heavy (non-hydrogen) atoms. The lowest BCUT2D eigenvalue weighted by atomic mass is 9.97. The number of aryl methyl sites for hydroxylation is 1. The summed E-state index contributed by atoms with van der Waals surface area (Å²) < 4.78 is 23.2. The Bertz CT molecular complexity index is 850. The number of aromatic nitrogens is 1. The fourth-order valence-corrected chi connectivity index (χ4v) is 4.14. The molecule has 1 aromatic carbocycles. The molecule has 0 saturated carbocycles. The van der Waals surface area contributed by atoms with Crippen LogP contribution in [-0.4, -0.2) is 24.8 Å². The molecule has 1 atom stereocenters. The number of hydrogen-bond acceptors (Lipinski definition) is 4. The van der Waals surface area contributed by atoms with Gasteiger partial charge in [0.15, 0.2) is 0 Å². The van der Waals surface area contributed by atoms with E-state index in [1.807, 2.05) is 12.3 Å². The van der Waals surface area contributed by atoms with Crippen molar-refractivity contribution < 1.29 is 8.42 Å². The molecule has 6 heteroatoms. The zero-order valence-electron chi connectivity index (χ0n) is 14.6. The van der Waals surface area contributed by atoms with E-state index in [0.29, 0.717) is 6.54 Å². The van der Waals surface area contributed by atoms with Crippen LogP contribution < -0.4 is 0 Å². The van der Waals surface area contributed by atoms with E-state index >= 15 is 0 Å². The number of benzene rings is 1. The number of rotatable bonds is 5. The average molecular weight is 379 g/mol. The van der Waals surface area contributed by atoms with Crippen LogP contribution >= 0.6 is 10.7 Å². The van der Waals surface area contributed by atoms with E-state index in [2.05, 4.69) is 35.9 Å². The molecular weight excluding hydrogens is 356 g/mol. The van der Waals surface area contributed by atoms with Crippen LogP contribution in [0.5, 0.6) is 0 Å². The lowest BCUT2D eigenvalue weighted by molar-refractivity contribution is 0.191. The maximum absolute atomic E-state index is 11.6. The van der Waals surface area contributed by atoms with Gasteiger partial charge >= 0.3 is 0 Å². The van der Waals surface area contributed by atoms with Gasteiger partial charge in [-0.1, -0.05) is 25.5 Å². The smallest absolute Gasteiger partial charge is 0.261 e. The summed E-state index contributed by atoms with van der Waals surface area (Å²) in [7, 11) is 1.79. The van der Waals surface area contributed by atoms with Crippen molar-refractivity contribution in [1.29, 1.82) is 0 Å². The molecule has 1 unspecified atom stereocenters. The number of pyridine rings is 1. The first kappa shape index (κ1) is 18.4. The number of hydrogen-bond donors (Lipinski definition) is 0. The van der Waals surface area contributed by atoms with Gasteiger partial charge in [0.05, 0.1) is 4.90 Å². The van der Waals surface area contributed by atoms with E-state index in [0.717, 1.165) is 37.1 Å². The van der Waals surface area contributed by atoms with Crippen LogP contribution in [0.4, 0.5) is 0 Å². The normalized spacial score (nSPS) is 16.4. The maximum Gasteiger partial charge on any atom is 0.261 e. The minimum atomic E-state index is -3.69. The van der Waals surface area contributed by atoms with Crippen molar-refractivity contribution in [2.75, 3.05) is 6.54 Å².